The number of carbonyl (C=O) groups is 2. The first-order chi connectivity index (χ1) is 15.9. The van der Waals surface area contributed by atoms with E-state index in [-0.39, 0.29) is 22.8 Å². The normalized spacial score (nSPS) is 22.4. The molecule has 33 heavy (non-hydrogen) atoms. The second-order valence-electron chi connectivity index (χ2n) is 9.62. The Labute approximate surface area is 193 Å². The summed E-state index contributed by atoms with van der Waals surface area (Å²) in [4.78, 5) is 31.8. The van der Waals surface area contributed by atoms with Crippen molar-refractivity contribution in [2.24, 2.45) is 11.3 Å². The Morgan fingerprint density at radius 3 is 2.24 bits per heavy atom. The summed E-state index contributed by atoms with van der Waals surface area (Å²) < 4.78 is 27.2. The molecule has 1 saturated carbocycles. The second kappa shape index (κ2) is 8.86. The fraction of sp³-hybridized carbons (Fsp3) is 0.462. The first-order valence-corrected chi connectivity index (χ1v) is 11.7. The summed E-state index contributed by atoms with van der Waals surface area (Å²) in [6, 6.07) is 13.4. The fourth-order valence-electron chi connectivity index (χ4n) is 5.43. The molecule has 2 amide bonds. The van der Waals surface area contributed by atoms with Crippen LogP contribution in [0.2, 0.25) is 0 Å². The molecule has 0 bridgehead atoms. The molecular formula is C26H29F2N3O2. The van der Waals surface area contributed by atoms with Gasteiger partial charge in [-0.15, -0.1) is 0 Å². The molecule has 0 aromatic heterocycles. The highest BCUT2D eigenvalue weighted by Gasteiger charge is 2.59. The van der Waals surface area contributed by atoms with Crippen LogP contribution >= 0.6 is 0 Å². The van der Waals surface area contributed by atoms with Gasteiger partial charge in [0.1, 0.15) is 11.6 Å². The van der Waals surface area contributed by atoms with Gasteiger partial charge in [-0.2, -0.15) is 0 Å². The molecule has 3 fully saturated rings. The standard InChI is InChI=1S/C26H29F2N3O2/c27-20-6-7-21(23(28)16-20)24(32)30-10-8-26(9-11-30)17-22(26)25(33)31-14-12-29(13-15-31)18-19-4-2-1-3-5-19/h1-7,16,22H,8-15,17-18H2. The molecule has 1 aliphatic carbocycles. The average molecular weight is 454 g/mol. The van der Waals surface area contributed by atoms with Crippen molar-refractivity contribution in [1.82, 2.24) is 14.7 Å². The maximum Gasteiger partial charge on any atom is 0.256 e. The van der Waals surface area contributed by atoms with Gasteiger partial charge in [-0.05, 0) is 42.4 Å². The fourth-order valence-corrected chi connectivity index (χ4v) is 5.43. The van der Waals surface area contributed by atoms with Crippen LogP contribution in [-0.2, 0) is 11.3 Å². The van der Waals surface area contributed by atoms with Gasteiger partial charge in [0.25, 0.3) is 5.91 Å². The number of carbonyl (C=O) groups excluding carboxylic acids is 2. The number of piperidine rings is 1. The van der Waals surface area contributed by atoms with E-state index in [1.54, 1.807) is 4.90 Å². The average Bonchev–Trinajstić information content (AvgIpc) is 3.53. The van der Waals surface area contributed by atoms with E-state index in [0.29, 0.717) is 13.1 Å². The zero-order chi connectivity index (χ0) is 23.0. The van der Waals surface area contributed by atoms with Gasteiger partial charge in [-0.25, -0.2) is 8.78 Å². The minimum Gasteiger partial charge on any atom is -0.340 e. The van der Waals surface area contributed by atoms with E-state index < -0.39 is 17.5 Å². The van der Waals surface area contributed by atoms with E-state index >= 15 is 0 Å². The predicted molar refractivity (Wildman–Crippen MR) is 120 cm³/mol. The maximum absolute atomic E-state index is 14.0. The third-order valence-electron chi connectivity index (χ3n) is 7.63. The van der Waals surface area contributed by atoms with Crippen LogP contribution in [0.5, 0.6) is 0 Å². The lowest BCUT2D eigenvalue weighted by Crippen LogP contribution is -2.49. The molecule has 2 heterocycles. The topological polar surface area (TPSA) is 43.9 Å². The third kappa shape index (κ3) is 4.51. The van der Waals surface area contributed by atoms with Gasteiger partial charge >= 0.3 is 0 Å². The molecule has 5 rings (SSSR count). The Hall–Kier alpha value is -2.80. The lowest BCUT2D eigenvalue weighted by molar-refractivity contribution is -0.135. The number of benzene rings is 2. The highest BCUT2D eigenvalue weighted by molar-refractivity contribution is 5.94. The van der Waals surface area contributed by atoms with Crippen LogP contribution in [0.4, 0.5) is 8.78 Å². The van der Waals surface area contributed by atoms with Crippen molar-refractivity contribution < 1.29 is 18.4 Å². The van der Waals surface area contributed by atoms with Gasteiger partial charge in [0, 0.05) is 57.8 Å². The van der Waals surface area contributed by atoms with E-state index in [0.717, 1.165) is 64.1 Å². The van der Waals surface area contributed by atoms with Gasteiger partial charge < -0.3 is 9.80 Å². The molecule has 2 saturated heterocycles. The van der Waals surface area contributed by atoms with Gasteiger partial charge in [0.15, 0.2) is 0 Å². The Balaban J connectivity index is 1.11. The largest absolute Gasteiger partial charge is 0.340 e. The highest BCUT2D eigenvalue weighted by Crippen LogP contribution is 2.60. The molecule has 2 aliphatic heterocycles. The zero-order valence-corrected chi connectivity index (χ0v) is 18.7. The number of nitrogens with zero attached hydrogens (tertiary/aromatic N) is 3. The van der Waals surface area contributed by atoms with Gasteiger partial charge in [-0.1, -0.05) is 30.3 Å². The molecule has 2 aromatic carbocycles. The summed E-state index contributed by atoms with van der Waals surface area (Å²) in [6.07, 6.45) is 2.39. The number of amides is 2. The van der Waals surface area contributed by atoms with Crippen molar-refractivity contribution >= 4 is 11.8 Å². The molecule has 7 heteroatoms. The molecular weight excluding hydrogens is 424 g/mol. The van der Waals surface area contributed by atoms with E-state index in [1.807, 2.05) is 11.0 Å². The molecule has 2 aromatic rings. The van der Waals surface area contributed by atoms with Crippen LogP contribution in [0.3, 0.4) is 0 Å². The van der Waals surface area contributed by atoms with E-state index in [9.17, 15) is 18.4 Å². The highest BCUT2D eigenvalue weighted by atomic mass is 19.1. The lowest BCUT2D eigenvalue weighted by Gasteiger charge is -2.36. The smallest absolute Gasteiger partial charge is 0.256 e. The Kier molecular flexibility index (Phi) is 5.91. The zero-order valence-electron chi connectivity index (χ0n) is 18.7. The van der Waals surface area contributed by atoms with Gasteiger partial charge in [0.2, 0.25) is 5.91 Å². The van der Waals surface area contributed by atoms with E-state index in [4.69, 9.17) is 0 Å². The van der Waals surface area contributed by atoms with Crippen molar-refractivity contribution in [3.63, 3.8) is 0 Å². The van der Waals surface area contributed by atoms with Crippen molar-refractivity contribution in [3.05, 3.63) is 71.3 Å². The monoisotopic (exact) mass is 453 g/mol. The molecule has 0 radical (unpaired) electrons. The van der Waals surface area contributed by atoms with Crippen LogP contribution in [-0.4, -0.2) is 65.8 Å². The lowest BCUT2D eigenvalue weighted by atomic mass is 9.90. The minimum atomic E-state index is -0.828. The summed E-state index contributed by atoms with van der Waals surface area (Å²) in [5.41, 5.74) is 1.18. The van der Waals surface area contributed by atoms with Gasteiger partial charge in [0.05, 0.1) is 5.56 Å². The number of rotatable bonds is 4. The summed E-state index contributed by atoms with van der Waals surface area (Å²) in [6.45, 7) is 5.19. The van der Waals surface area contributed by atoms with Crippen molar-refractivity contribution in [2.75, 3.05) is 39.3 Å². The van der Waals surface area contributed by atoms with Crippen LogP contribution in [0, 0.1) is 23.0 Å². The van der Waals surface area contributed by atoms with Crippen LogP contribution in [0.25, 0.3) is 0 Å². The van der Waals surface area contributed by atoms with Crippen molar-refractivity contribution in [1.29, 1.82) is 0 Å². The van der Waals surface area contributed by atoms with E-state index in [2.05, 4.69) is 29.2 Å². The Bertz CT molecular complexity index is 1030. The quantitative estimate of drug-likeness (QED) is 0.711. The van der Waals surface area contributed by atoms with Crippen LogP contribution in [0.1, 0.15) is 35.2 Å². The first kappa shape index (κ1) is 22.0. The predicted octanol–water partition coefficient (Wildman–Crippen LogP) is 3.55. The third-order valence-corrected chi connectivity index (χ3v) is 7.63. The van der Waals surface area contributed by atoms with Crippen molar-refractivity contribution in [3.8, 4) is 0 Å². The number of hydrogen-bond acceptors (Lipinski definition) is 3. The number of likely N-dealkylation sites (tertiary alicyclic amines) is 1. The first-order valence-electron chi connectivity index (χ1n) is 11.7. The summed E-state index contributed by atoms with van der Waals surface area (Å²) in [7, 11) is 0. The SMILES string of the molecule is O=C(c1ccc(F)cc1F)N1CCC2(CC1)CC2C(=O)N1CCN(Cc2ccccc2)CC1. The number of hydrogen-bond donors (Lipinski definition) is 0. The van der Waals surface area contributed by atoms with Crippen LogP contribution < -0.4 is 0 Å². The summed E-state index contributed by atoms with van der Waals surface area (Å²) in [5, 5.41) is 0. The molecule has 0 N–H and O–H groups in total. The number of piperazine rings is 1. The Morgan fingerprint density at radius 2 is 1.58 bits per heavy atom. The minimum absolute atomic E-state index is 0.0175. The van der Waals surface area contributed by atoms with E-state index in [1.165, 1.54) is 11.6 Å². The molecule has 174 valence electrons. The molecule has 5 nitrogen and oxygen atoms in total. The van der Waals surface area contributed by atoms with Crippen molar-refractivity contribution in [2.45, 2.75) is 25.8 Å². The number of halogens is 2. The van der Waals surface area contributed by atoms with Crippen LogP contribution in [0.15, 0.2) is 48.5 Å². The molecule has 3 aliphatic rings. The Morgan fingerprint density at radius 1 is 0.879 bits per heavy atom. The maximum atomic E-state index is 14.0. The molecule has 1 spiro atoms. The van der Waals surface area contributed by atoms with Gasteiger partial charge in [-0.3, -0.25) is 14.5 Å². The summed E-state index contributed by atoms with van der Waals surface area (Å²) >= 11 is 0. The summed E-state index contributed by atoms with van der Waals surface area (Å²) in [5.74, 6) is -1.63. The molecule has 1 unspecified atom stereocenters. The molecule has 1 atom stereocenters. The second-order valence-corrected chi connectivity index (χ2v) is 9.62.